The fourth-order valence-electron chi connectivity index (χ4n) is 3.17. The van der Waals surface area contributed by atoms with E-state index in [0.717, 1.165) is 18.5 Å². The highest BCUT2D eigenvalue weighted by molar-refractivity contribution is 7.86. The zero-order valence-electron chi connectivity index (χ0n) is 13.5. The summed E-state index contributed by atoms with van der Waals surface area (Å²) in [5, 5.41) is 0. The third-order valence-corrected chi connectivity index (χ3v) is 6.29. The van der Waals surface area contributed by atoms with Crippen molar-refractivity contribution in [3.8, 4) is 0 Å². The Kier molecular flexibility index (Phi) is 4.98. The number of hydrogen-bond acceptors (Lipinski definition) is 5. The van der Waals surface area contributed by atoms with Crippen molar-refractivity contribution in [3.05, 3.63) is 30.1 Å². The van der Waals surface area contributed by atoms with Gasteiger partial charge in [0, 0.05) is 33.4 Å². The topological polar surface area (TPSA) is 72.0 Å². The van der Waals surface area contributed by atoms with Crippen LogP contribution in [0, 0.1) is 0 Å². The second-order valence-electron chi connectivity index (χ2n) is 6.08. The van der Waals surface area contributed by atoms with Gasteiger partial charge in [0.15, 0.2) is 0 Å². The van der Waals surface area contributed by atoms with Crippen molar-refractivity contribution >= 4 is 10.2 Å². The Morgan fingerprint density at radius 2 is 2.26 bits per heavy atom. The number of ether oxygens (including phenoxy) is 2. The first-order valence-electron chi connectivity index (χ1n) is 7.82. The van der Waals surface area contributed by atoms with Gasteiger partial charge in [0.25, 0.3) is 10.2 Å². The molecule has 0 radical (unpaired) electrons. The number of rotatable bonds is 5. The molecule has 0 N–H and O–H groups in total. The van der Waals surface area contributed by atoms with E-state index in [9.17, 15) is 8.42 Å². The van der Waals surface area contributed by atoms with Crippen LogP contribution in [0.25, 0.3) is 0 Å². The Labute approximate surface area is 137 Å². The summed E-state index contributed by atoms with van der Waals surface area (Å²) in [7, 11) is -0.368. The molecule has 0 unspecified atom stereocenters. The highest BCUT2D eigenvalue weighted by atomic mass is 32.2. The van der Waals surface area contributed by atoms with Crippen LogP contribution < -0.4 is 0 Å². The average molecular weight is 341 g/mol. The molecule has 7 nitrogen and oxygen atoms in total. The largest absolute Gasteiger partial charge is 0.374 e. The lowest BCUT2D eigenvalue weighted by atomic mass is 10.0. The molecular weight excluding hydrogens is 318 g/mol. The van der Waals surface area contributed by atoms with Crippen LogP contribution >= 0.6 is 0 Å². The standard InChI is InChI=1S/C15H23N3O4S/c1-17(2)23(19,20)18-10-14(15-13(18)7-5-9-21-15)22-11-12-6-3-4-8-16-12/h3-4,6,8,13-15H,5,7,9-11H2,1-2H3/t13-,14+,15+/m1/s1. The minimum absolute atomic E-state index is 0.148. The van der Waals surface area contributed by atoms with Crippen LogP contribution in [0.2, 0.25) is 0 Å². The maximum atomic E-state index is 12.5. The fourth-order valence-corrected chi connectivity index (χ4v) is 4.49. The van der Waals surface area contributed by atoms with Crippen LogP contribution in [0.3, 0.4) is 0 Å². The predicted octanol–water partition coefficient (Wildman–Crippen LogP) is 0.636. The fraction of sp³-hybridized carbons (Fsp3) is 0.667. The molecule has 2 saturated heterocycles. The lowest BCUT2D eigenvalue weighted by Gasteiger charge is -2.32. The molecule has 2 aliphatic heterocycles. The Hall–Kier alpha value is -1.06. The second-order valence-corrected chi connectivity index (χ2v) is 8.17. The first kappa shape index (κ1) is 16.8. The van der Waals surface area contributed by atoms with E-state index in [1.807, 2.05) is 18.2 Å². The number of fused-ring (bicyclic) bond motifs is 1. The summed E-state index contributed by atoms with van der Waals surface area (Å²) in [5.74, 6) is 0. The summed E-state index contributed by atoms with van der Waals surface area (Å²) >= 11 is 0. The van der Waals surface area contributed by atoms with Crippen molar-refractivity contribution in [2.45, 2.75) is 37.7 Å². The molecule has 2 aliphatic rings. The number of pyridine rings is 1. The van der Waals surface area contributed by atoms with Crippen LogP contribution in [0.1, 0.15) is 18.5 Å². The van der Waals surface area contributed by atoms with Gasteiger partial charge >= 0.3 is 0 Å². The van der Waals surface area contributed by atoms with E-state index in [0.29, 0.717) is 19.8 Å². The van der Waals surface area contributed by atoms with Gasteiger partial charge < -0.3 is 9.47 Å². The molecule has 1 aromatic heterocycles. The highest BCUT2D eigenvalue weighted by Crippen LogP contribution is 2.33. The molecule has 0 saturated carbocycles. The van der Waals surface area contributed by atoms with Gasteiger partial charge in [0.05, 0.1) is 24.4 Å². The molecule has 2 fully saturated rings. The van der Waals surface area contributed by atoms with Crippen molar-refractivity contribution in [2.24, 2.45) is 0 Å². The zero-order valence-corrected chi connectivity index (χ0v) is 14.3. The van der Waals surface area contributed by atoms with Gasteiger partial charge in [-0.25, -0.2) is 0 Å². The van der Waals surface area contributed by atoms with E-state index in [4.69, 9.17) is 9.47 Å². The average Bonchev–Trinajstić information content (AvgIpc) is 2.93. The summed E-state index contributed by atoms with van der Waals surface area (Å²) in [5.41, 5.74) is 0.828. The van der Waals surface area contributed by atoms with Crippen molar-refractivity contribution in [3.63, 3.8) is 0 Å². The smallest absolute Gasteiger partial charge is 0.281 e. The third kappa shape index (κ3) is 3.41. The van der Waals surface area contributed by atoms with Crippen molar-refractivity contribution in [2.75, 3.05) is 27.2 Å². The van der Waals surface area contributed by atoms with E-state index in [2.05, 4.69) is 4.98 Å². The second kappa shape index (κ2) is 6.82. The molecule has 128 valence electrons. The summed E-state index contributed by atoms with van der Waals surface area (Å²) in [4.78, 5) is 4.23. The summed E-state index contributed by atoms with van der Waals surface area (Å²) < 4.78 is 39.6. The van der Waals surface area contributed by atoms with Crippen molar-refractivity contribution < 1.29 is 17.9 Å². The Bertz CT molecular complexity index is 623. The molecule has 0 spiro atoms. The van der Waals surface area contributed by atoms with Crippen LogP contribution in [-0.2, 0) is 26.3 Å². The predicted molar refractivity (Wildman–Crippen MR) is 84.9 cm³/mol. The molecule has 3 atom stereocenters. The molecule has 3 rings (SSSR count). The zero-order chi connectivity index (χ0) is 16.4. The van der Waals surface area contributed by atoms with E-state index in [1.54, 1.807) is 20.3 Å². The quantitative estimate of drug-likeness (QED) is 0.786. The molecule has 0 aliphatic carbocycles. The Morgan fingerprint density at radius 1 is 1.43 bits per heavy atom. The maximum Gasteiger partial charge on any atom is 0.281 e. The number of aromatic nitrogens is 1. The van der Waals surface area contributed by atoms with Crippen molar-refractivity contribution in [1.29, 1.82) is 0 Å². The van der Waals surface area contributed by atoms with Crippen LogP contribution in [-0.4, -0.2) is 67.5 Å². The minimum atomic E-state index is -3.47. The SMILES string of the molecule is CN(C)S(=O)(=O)N1C[C@H](OCc2ccccn2)[C@H]2OCCC[C@H]21. The van der Waals surface area contributed by atoms with E-state index in [-0.39, 0.29) is 18.2 Å². The molecule has 1 aromatic rings. The monoisotopic (exact) mass is 341 g/mol. The van der Waals surface area contributed by atoms with Gasteiger partial charge in [0.2, 0.25) is 0 Å². The molecule has 0 aromatic carbocycles. The summed E-state index contributed by atoms with van der Waals surface area (Å²) in [6.07, 6.45) is 2.92. The molecular formula is C15H23N3O4S. The normalized spacial score (nSPS) is 28.9. The highest BCUT2D eigenvalue weighted by Gasteiger charge is 2.49. The van der Waals surface area contributed by atoms with Gasteiger partial charge in [-0.3, -0.25) is 4.98 Å². The van der Waals surface area contributed by atoms with E-state index < -0.39 is 10.2 Å². The lowest BCUT2D eigenvalue weighted by Crippen LogP contribution is -2.47. The molecule has 0 bridgehead atoms. The van der Waals surface area contributed by atoms with Gasteiger partial charge in [-0.15, -0.1) is 0 Å². The van der Waals surface area contributed by atoms with Gasteiger partial charge in [-0.1, -0.05) is 6.07 Å². The molecule has 3 heterocycles. The molecule has 8 heteroatoms. The maximum absolute atomic E-state index is 12.5. The number of hydrogen-bond donors (Lipinski definition) is 0. The number of nitrogens with zero attached hydrogens (tertiary/aromatic N) is 3. The van der Waals surface area contributed by atoms with Gasteiger partial charge in [-0.2, -0.15) is 17.0 Å². The van der Waals surface area contributed by atoms with Crippen molar-refractivity contribution in [1.82, 2.24) is 13.6 Å². The third-order valence-electron chi connectivity index (χ3n) is 4.36. The lowest BCUT2D eigenvalue weighted by molar-refractivity contribution is -0.0807. The van der Waals surface area contributed by atoms with Crippen LogP contribution in [0.4, 0.5) is 0 Å². The van der Waals surface area contributed by atoms with E-state index in [1.165, 1.54) is 8.61 Å². The summed E-state index contributed by atoms with van der Waals surface area (Å²) in [6.45, 7) is 1.33. The van der Waals surface area contributed by atoms with Gasteiger partial charge in [0.1, 0.15) is 6.10 Å². The van der Waals surface area contributed by atoms with Crippen LogP contribution in [0.5, 0.6) is 0 Å². The Balaban J connectivity index is 1.74. The summed E-state index contributed by atoms with van der Waals surface area (Å²) in [6, 6.07) is 5.50. The van der Waals surface area contributed by atoms with Gasteiger partial charge in [-0.05, 0) is 25.0 Å². The van der Waals surface area contributed by atoms with E-state index >= 15 is 0 Å². The molecule has 23 heavy (non-hydrogen) atoms. The van der Waals surface area contributed by atoms with Crippen LogP contribution in [0.15, 0.2) is 24.4 Å². The first-order chi connectivity index (χ1) is 11.0. The Morgan fingerprint density at radius 3 is 2.96 bits per heavy atom. The molecule has 0 amide bonds. The first-order valence-corrected chi connectivity index (χ1v) is 9.22. The minimum Gasteiger partial charge on any atom is -0.374 e.